The molecule has 1 aliphatic heterocycles. The molecule has 2 N–H and O–H groups in total. The van der Waals surface area contributed by atoms with E-state index < -0.39 is 11.7 Å². The van der Waals surface area contributed by atoms with E-state index in [4.69, 9.17) is 0 Å². The van der Waals surface area contributed by atoms with Crippen molar-refractivity contribution in [3.63, 3.8) is 0 Å². The van der Waals surface area contributed by atoms with Crippen molar-refractivity contribution < 1.29 is 18.3 Å². The Morgan fingerprint density at radius 3 is 2.59 bits per heavy atom. The van der Waals surface area contributed by atoms with Gasteiger partial charge in [-0.1, -0.05) is 25.1 Å². The lowest BCUT2D eigenvalue weighted by molar-refractivity contribution is -0.137. The number of para-hydroxylation sites is 1. The van der Waals surface area contributed by atoms with Crippen molar-refractivity contribution in [3.05, 3.63) is 53.6 Å². The molecule has 2 heterocycles. The highest BCUT2D eigenvalue weighted by Gasteiger charge is 2.35. The fraction of sp³-hybridized carbons (Fsp3) is 0.318. The minimum atomic E-state index is -4.47. The van der Waals surface area contributed by atoms with Gasteiger partial charge in [-0.15, -0.1) is 0 Å². The van der Waals surface area contributed by atoms with Crippen molar-refractivity contribution in [1.29, 1.82) is 0 Å². The Bertz CT molecular complexity index is 1050. The number of aromatic hydroxyl groups is 1. The van der Waals surface area contributed by atoms with E-state index in [-0.39, 0.29) is 17.3 Å². The molecule has 4 rings (SSSR count). The summed E-state index contributed by atoms with van der Waals surface area (Å²) in [6, 6.07) is 11.4. The summed E-state index contributed by atoms with van der Waals surface area (Å²) < 4.78 is 41.2. The molecule has 4 nitrogen and oxygen atoms in total. The first-order chi connectivity index (χ1) is 13.8. The zero-order chi connectivity index (χ0) is 20.6. The van der Waals surface area contributed by atoms with Crippen molar-refractivity contribution in [2.24, 2.45) is 10.9 Å². The van der Waals surface area contributed by atoms with E-state index in [1.54, 1.807) is 6.07 Å². The highest BCUT2D eigenvalue weighted by Crippen LogP contribution is 2.40. The van der Waals surface area contributed by atoms with Gasteiger partial charge in [-0.05, 0) is 43.0 Å². The standard InChI is InChI=1S/C22H22F3N3O/c1-14-8-10-28(11-9-14)20-7-6-15(12-18(20)22(23,24)25)26-13-17-16-4-2-3-5-19(16)27-21(17)29/h2-7,12-14,27,29H,8-11H2,1H3. The summed E-state index contributed by atoms with van der Waals surface area (Å²) in [5.74, 6) is 0.471. The number of piperidine rings is 1. The van der Waals surface area contributed by atoms with Crippen LogP contribution in [-0.2, 0) is 6.18 Å². The van der Waals surface area contributed by atoms with Gasteiger partial charge in [-0.2, -0.15) is 13.2 Å². The van der Waals surface area contributed by atoms with Crippen molar-refractivity contribution in [1.82, 2.24) is 4.98 Å². The Morgan fingerprint density at radius 2 is 1.86 bits per heavy atom. The molecule has 3 aromatic rings. The van der Waals surface area contributed by atoms with Crippen molar-refractivity contribution in [3.8, 4) is 5.88 Å². The van der Waals surface area contributed by atoms with Gasteiger partial charge < -0.3 is 15.0 Å². The molecule has 1 aliphatic rings. The molecule has 1 saturated heterocycles. The summed E-state index contributed by atoms with van der Waals surface area (Å²) in [6.45, 7) is 3.37. The molecule has 0 unspecified atom stereocenters. The lowest BCUT2D eigenvalue weighted by Gasteiger charge is -2.33. The fourth-order valence-corrected chi connectivity index (χ4v) is 3.78. The second kappa shape index (κ2) is 7.46. The summed E-state index contributed by atoms with van der Waals surface area (Å²) in [5.41, 5.74) is 0.902. The van der Waals surface area contributed by atoms with Crippen LogP contribution in [0.5, 0.6) is 5.88 Å². The van der Waals surface area contributed by atoms with E-state index in [1.165, 1.54) is 12.3 Å². The van der Waals surface area contributed by atoms with E-state index in [1.807, 2.05) is 29.2 Å². The van der Waals surface area contributed by atoms with E-state index in [9.17, 15) is 18.3 Å². The van der Waals surface area contributed by atoms with Gasteiger partial charge in [0.2, 0.25) is 0 Å². The number of aromatic nitrogens is 1. The van der Waals surface area contributed by atoms with Crippen molar-refractivity contribution >= 4 is 28.5 Å². The zero-order valence-electron chi connectivity index (χ0n) is 16.0. The maximum Gasteiger partial charge on any atom is 0.418 e. The third kappa shape index (κ3) is 3.95. The van der Waals surface area contributed by atoms with Gasteiger partial charge in [0.1, 0.15) is 0 Å². The van der Waals surface area contributed by atoms with E-state index in [0.717, 1.165) is 29.8 Å². The molecule has 152 valence electrons. The Labute approximate surface area is 166 Å². The van der Waals surface area contributed by atoms with Crippen molar-refractivity contribution in [2.45, 2.75) is 25.9 Å². The number of rotatable bonds is 3. The number of halogens is 3. The van der Waals surface area contributed by atoms with Gasteiger partial charge >= 0.3 is 6.18 Å². The second-order valence-electron chi connectivity index (χ2n) is 7.56. The maximum atomic E-state index is 13.7. The fourth-order valence-electron chi connectivity index (χ4n) is 3.78. The SMILES string of the molecule is CC1CCN(c2ccc(N=Cc3c(O)[nH]c4ccccc34)cc2C(F)(F)F)CC1. The first-order valence-corrected chi connectivity index (χ1v) is 9.63. The normalized spacial score (nSPS) is 16.2. The van der Waals surface area contributed by atoms with Crippen LogP contribution in [0.15, 0.2) is 47.5 Å². The number of hydrogen-bond acceptors (Lipinski definition) is 3. The van der Waals surface area contributed by atoms with E-state index in [0.29, 0.717) is 24.6 Å². The molecular formula is C22H22F3N3O. The third-order valence-electron chi connectivity index (χ3n) is 5.48. The Hall–Kier alpha value is -2.96. The smallest absolute Gasteiger partial charge is 0.418 e. The molecule has 0 aliphatic carbocycles. The van der Waals surface area contributed by atoms with Crippen LogP contribution in [-0.4, -0.2) is 29.4 Å². The van der Waals surface area contributed by atoms with Crippen LogP contribution >= 0.6 is 0 Å². The largest absolute Gasteiger partial charge is 0.494 e. The molecule has 0 radical (unpaired) electrons. The van der Waals surface area contributed by atoms with Gasteiger partial charge in [0.05, 0.1) is 16.8 Å². The first kappa shape index (κ1) is 19.4. The minimum Gasteiger partial charge on any atom is -0.494 e. The van der Waals surface area contributed by atoms with Gasteiger partial charge in [0.15, 0.2) is 5.88 Å². The molecule has 2 aromatic carbocycles. The van der Waals surface area contributed by atoms with Crippen LogP contribution in [0, 0.1) is 5.92 Å². The summed E-state index contributed by atoms with van der Waals surface area (Å²) in [6.07, 6.45) is -1.30. The van der Waals surface area contributed by atoms with Gasteiger partial charge in [-0.3, -0.25) is 4.99 Å². The number of nitrogens with zero attached hydrogens (tertiary/aromatic N) is 2. The maximum absolute atomic E-state index is 13.7. The molecule has 0 saturated carbocycles. The molecule has 29 heavy (non-hydrogen) atoms. The molecular weight excluding hydrogens is 379 g/mol. The molecule has 1 aromatic heterocycles. The third-order valence-corrected chi connectivity index (χ3v) is 5.48. The molecule has 0 amide bonds. The predicted octanol–water partition coefficient (Wildman–Crippen LogP) is 5.88. The quantitative estimate of drug-likeness (QED) is 0.539. The highest BCUT2D eigenvalue weighted by atomic mass is 19.4. The number of hydrogen-bond donors (Lipinski definition) is 2. The number of aliphatic imine (C=N–C) groups is 1. The minimum absolute atomic E-state index is 0.0648. The number of alkyl halides is 3. The van der Waals surface area contributed by atoms with Crippen LogP contribution in [0.25, 0.3) is 10.9 Å². The Balaban J connectivity index is 1.68. The topological polar surface area (TPSA) is 51.6 Å². The number of benzene rings is 2. The zero-order valence-corrected chi connectivity index (χ0v) is 16.0. The monoisotopic (exact) mass is 401 g/mol. The second-order valence-corrected chi connectivity index (χ2v) is 7.56. The number of H-pyrrole nitrogens is 1. The number of nitrogens with one attached hydrogen (secondary N) is 1. The lowest BCUT2D eigenvalue weighted by atomic mass is 9.98. The molecule has 0 bridgehead atoms. The Kier molecular flexibility index (Phi) is 4.98. The number of fused-ring (bicyclic) bond motifs is 1. The summed E-state index contributed by atoms with van der Waals surface area (Å²) in [5, 5.41) is 10.9. The van der Waals surface area contributed by atoms with Crippen molar-refractivity contribution in [2.75, 3.05) is 18.0 Å². The van der Waals surface area contributed by atoms with Crippen LogP contribution in [0.1, 0.15) is 30.9 Å². The molecule has 7 heteroatoms. The summed E-state index contributed by atoms with van der Waals surface area (Å²) in [7, 11) is 0. The van der Waals surface area contributed by atoms with Gasteiger partial charge in [-0.25, -0.2) is 0 Å². The highest BCUT2D eigenvalue weighted by molar-refractivity contribution is 6.02. The van der Waals surface area contributed by atoms with Crippen LogP contribution in [0.4, 0.5) is 24.5 Å². The van der Waals surface area contributed by atoms with E-state index in [2.05, 4.69) is 16.9 Å². The molecule has 1 fully saturated rings. The average Bonchev–Trinajstić information content (AvgIpc) is 3.01. The summed E-state index contributed by atoms with van der Waals surface area (Å²) in [4.78, 5) is 8.85. The van der Waals surface area contributed by atoms with Crippen LogP contribution < -0.4 is 4.90 Å². The lowest BCUT2D eigenvalue weighted by Crippen LogP contribution is -2.34. The number of aromatic amines is 1. The summed E-state index contributed by atoms with van der Waals surface area (Å²) >= 11 is 0. The van der Waals surface area contributed by atoms with E-state index >= 15 is 0 Å². The van der Waals surface area contributed by atoms with Crippen LogP contribution in [0.2, 0.25) is 0 Å². The Morgan fingerprint density at radius 1 is 1.14 bits per heavy atom. The average molecular weight is 401 g/mol. The molecule has 0 atom stereocenters. The van der Waals surface area contributed by atoms with Gasteiger partial charge in [0.25, 0.3) is 0 Å². The predicted molar refractivity (Wildman–Crippen MR) is 109 cm³/mol. The van der Waals surface area contributed by atoms with Gasteiger partial charge in [0, 0.05) is 35.9 Å². The van der Waals surface area contributed by atoms with Crippen LogP contribution in [0.3, 0.4) is 0 Å². The molecule has 0 spiro atoms. The number of anilines is 1. The first-order valence-electron chi connectivity index (χ1n) is 9.63.